The van der Waals surface area contributed by atoms with Gasteiger partial charge in [0.1, 0.15) is 0 Å². The Morgan fingerprint density at radius 2 is 1.83 bits per heavy atom. The van der Waals surface area contributed by atoms with Crippen molar-refractivity contribution >= 4 is 37.5 Å². The van der Waals surface area contributed by atoms with E-state index >= 15 is 0 Å². The summed E-state index contributed by atoms with van der Waals surface area (Å²) in [4.78, 5) is 13.7. The van der Waals surface area contributed by atoms with Gasteiger partial charge in [0, 0.05) is 29.3 Å². The van der Waals surface area contributed by atoms with Crippen LogP contribution in [0.25, 0.3) is 0 Å². The van der Waals surface area contributed by atoms with Crippen molar-refractivity contribution in [2.45, 2.75) is 11.8 Å². The first-order valence-corrected chi connectivity index (χ1v) is 9.25. The number of rotatable bonds is 5. The Bertz CT molecular complexity index is 804. The Kier molecular flexibility index (Phi) is 5.43. The standard InChI is InChI=1S/C16H17BrN2O3S/c1-3-19(2)16(20)12-5-4-6-15(11-12)23(21,22)18-14-9-7-13(17)8-10-14/h4-11,18H,3H2,1-2H3. The summed E-state index contributed by atoms with van der Waals surface area (Å²) in [6.07, 6.45) is 0. The Labute approximate surface area is 144 Å². The number of hydrogen-bond acceptors (Lipinski definition) is 3. The van der Waals surface area contributed by atoms with Crippen LogP contribution in [0.3, 0.4) is 0 Å². The first kappa shape index (κ1) is 17.5. The zero-order valence-electron chi connectivity index (χ0n) is 12.8. The molecule has 7 heteroatoms. The molecule has 0 unspecified atom stereocenters. The SMILES string of the molecule is CCN(C)C(=O)c1cccc(S(=O)(=O)Nc2ccc(Br)cc2)c1. The molecule has 0 atom stereocenters. The van der Waals surface area contributed by atoms with Gasteiger partial charge in [-0.25, -0.2) is 8.42 Å². The van der Waals surface area contributed by atoms with Gasteiger partial charge in [0.05, 0.1) is 4.90 Å². The molecule has 0 radical (unpaired) electrons. The molecule has 23 heavy (non-hydrogen) atoms. The molecular formula is C16H17BrN2O3S. The number of nitrogens with zero attached hydrogens (tertiary/aromatic N) is 1. The molecule has 1 N–H and O–H groups in total. The number of carbonyl (C=O) groups is 1. The van der Waals surface area contributed by atoms with Crippen molar-refractivity contribution in [3.8, 4) is 0 Å². The van der Waals surface area contributed by atoms with Gasteiger partial charge < -0.3 is 4.90 Å². The monoisotopic (exact) mass is 396 g/mol. The maximum absolute atomic E-state index is 12.5. The van der Waals surface area contributed by atoms with Gasteiger partial charge in [-0.05, 0) is 49.4 Å². The van der Waals surface area contributed by atoms with Crippen LogP contribution < -0.4 is 4.72 Å². The van der Waals surface area contributed by atoms with Gasteiger partial charge in [-0.15, -0.1) is 0 Å². The minimum atomic E-state index is -3.75. The lowest BCUT2D eigenvalue weighted by Gasteiger charge is -2.15. The average Bonchev–Trinajstić information content (AvgIpc) is 2.55. The van der Waals surface area contributed by atoms with Gasteiger partial charge in [-0.3, -0.25) is 9.52 Å². The quantitative estimate of drug-likeness (QED) is 0.842. The van der Waals surface area contributed by atoms with Crippen LogP contribution in [0.4, 0.5) is 5.69 Å². The molecule has 0 spiro atoms. The lowest BCUT2D eigenvalue weighted by molar-refractivity contribution is 0.0802. The molecule has 0 bridgehead atoms. The molecule has 0 fully saturated rings. The molecule has 0 aliphatic carbocycles. The number of sulfonamides is 1. The van der Waals surface area contributed by atoms with Crippen molar-refractivity contribution in [3.63, 3.8) is 0 Å². The topological polar surface area (TPSA) is 66.5 Å². The molecular weight excluding hydrogens is 380 g/mol. The first-order valence-electron chi connectivity index (χ1n) is 6.97. The molecule has 0 saturated carbocycles. The van der Waals surface area contributed by atoms with E-state index < -0.39 is 10.0 Å². The smallest absolute Gasteiger partial charge is 0.261 e. The van der Waals surface area contributed by atoms with Crippen LogP contribution in [0.1, 0.15) is 17.3 Å². The minimum absolute atomic E-state index is 0.0516. The summed E-state index contributed by atoms with van der Waals surface area (Å²) in [5, 5.41) is 0. The number of amides is 1. The van der Waals surface area contributed by atoms with E-state index in [0.29, 0.717) is 17.8 Å². The number of carbonyl (C=O) groups excluding carboxylic acids is 1. The first-order chi connectivity index (χ1) is 10.8. The third kappa shape index (κ3) is 4.33. The van der Waals surface area contributed by atoms with Gasteiger partial charge in [-0.2, -0.15) is 0 Å². The zero-order chi connectivity index (χ0) is 17.0. The van der Waals surface area contributed by atoms with E-state index in [0.717, 1.165) is 4.47 Å². The highest BCUT2D eigenvalue weighted by Gasteiger charge is 2.17. The summed E-state index contributed by atoms with van der Waals surface area (Å²) in [5.74, 6) is -0.215. The summed E-state index contributed by atoms with van der Waals surface area (Å²) < 4.78 is 28.3. The lowest BCUT2D eigenvalue weighted by atomic mass is 10.2. The molecule has 0 aliphatic rings. The van der Waals surface area contributed by atoms with E-state index in [2.05, 4.69) is 20.7 Å². The highest BCUT2D eigenvalue weighted by Crippen LogP contribution is 2.19. The second kappa shape index (κ2) is 7.14. The maximum atomic E-state index is 12.5. The third-order valence-corrected chi connectivity index (χ3v) is 5.22. The van der Waals surface area contributed by atoms with Crippen LogP contribution in [0.15, 0.2) is 57.9 Å². The number of anilines is 1. The number of benzene rings is 2. The largest absolute Gasteiger partial charge is 0.342 e. The van der Waals surface area contributed by atoms with Crippen molar-refractivity contribution < 1.29 is 13.2 Å². The molecule has 1 amide bonds. The highest BCUT2D eigenvalue weighted by atomic mass is 79.9. The summed E-state index contributed by atoms with van der Waals surface area (Å²) in [7, 11) is -2.08. The zero-order valence-corrected chi connectivity index (χ0v) is 15.2. The maximum Gasteiger partial charge on any atom is 0.261 e. The van der Waals surface area contributed by atoms with Crippen molar-refractivity contribution in [3.05, 3.63) is 58.6 Å². The molecule has 2 aromatic carbocycles. The van der Waals surface area contributed by atoms with Crippen molar-refractivity contribution in [1.29, 1.82) is 0 Å². The second-order valence-corrected chi connectivity index (χ2v) is 7.56. The van der Waals surface area contributed by atoms with Gasteiger partial charge in [0.25, 0.3) is 15.9 Å². The van der Waals surface area contributed by atoms with Gasteiger partial charge in [0.2, 0.25) is 0 Å². The molecule has 2 aromatic rings. The van der Waals surface area contributed by atoms with Crippen molar-refractivity contribution in [1.82, 2.24) is 4.90 Å². The number of halogens is 1. The predicted octanol–water partition coefficient (Wildman–Crippen LogP) is 3.34. The fourth-order valence-corrected chi connectivity index (χ4v) is 3.26. The molecule has 0 heterocycles. The minimum Gasteiger partial charge on any atom is -0.342 e. The van der Waals surface area contributed by atoms with Crippen LogP contribution in [-0.2, 0) is 10.0 Å². The average molecular weight is 397 g/mol. The van der Waals surface area contributed by atoms with E-state index in [1.165, 1.54) is 17.0 Å². The van der Waals surface area contributed by atoms with Gasteiger partial charge >= 0.3 is 0 Å². The summed E-state index contributed by atoms with van der Waals surface area (Å²) in [5.41, 5.74) is 0.795. The summed E-state index contributed by atoms with van der Waals surface area (Å²) in [6.45, 7) is 2.40. The Morgan fingerprint density at radius 1 is 1.17 bits per heavy atom. The van der Waals surface area contributed by atoms with E-state index in [1.54, 1.807) is 43.4 Å². The predicted molar refractivity (Wildman–Crippen MR) is 94.0 cm³/mol. The van der Waals surface area contributed by atoms with Crippen LogP contribution in [0.2, 0.25) is 0 Å². The second-order valence-electron chi connectivity index (χ2n) is 4.96. The van der Waals surface area contributed by atoms with E-state index in [4.69, 9.17) is 0 Å². The fraction of sp³-hybridized carbons (Fsp3) is 0.188. The van der Waals surface area contributed by atoms with E-state index in [-0.39, 0.29) is 10.8 Å². The molecule has 122 valence electrons. The Hall–Kier alpha value is -1.86. The number of nitrogens with one attached hydrogen (secondary N) is 1. The summed E-state index contributed by atoms with van der Waals surface area (Å²) >= 11 is 3.30. The van der Waals surface area contributed by atoms with E-state index in [9.17, 15) is 13.2 Å². The Morgan fingerprint density at radius 3 is 2.43 bits per heavy atom. The van der Waals surface area contributed by atoms with Crippen LogP contribution in [0, 0.1) is 0 Å². The third-order valence-electron chi connectivity index (χ3n) is 3.31. The molecule has 0 aromatic heterocycles. The normalized spacial score (nSPS) is 11.1. The highest BCUT2D eigenvalue weighted by molar-refractivity contribution is 9.10. The van der Waals surface area contributed by atoms with Crippen LogP contribution >= 0.6 is 15.9 Å². The van der Waals surface area contributed by atoms with E-state index in [1.807, 2.05) is 6.92 Å². The number of hydrogen-bond donors (Lipinski definition) is 1. The fourth-order valence-electron chi connectivity index (χ4n) is 1.89. The van der Waals surface area contributed by atoms with Crippen LogP contribution in [-0.4, -0.2) is 32.8 Å². The molecule has 2 rings (SSSR count). The lowest BCUT2D eigenvalue weighted by Crippen LogP contribution is -2.26. The van der Waals surface area contributed by atoms with Crippen molar-refractivity contribution in [2.75, 3.05) is 18.3 Å². The Balaban J connectivity index is 2.29. The van der Waals surface area contributed by atoms with Crippen molar-refractivity contribution in [2.24, 2.45) is 0 Å². The molecule has 5 nitrogen and oxygen atoms in total. The molecule has 0 aliphatic heterocycles. The van der Waals surface area contributed by atoms with Gasteiger partial charge in [0.15, 0.2) is 0 Å². The molecule has 0 saturated heterocycles. The van der Waals surface area contributed by atoms with Gasteiger partial charge in [-0.1, -0.05) is 22.0 Å². The van der Waals surface area contributed by atoms with Crippen LogP contribution in [0.5, 0.6) is 0 Å². The summed E-state index contributed by atoms with van der Waals surface area (Å²) in [6, 6.07) is 12.8.